The molecular formula is C26H27N3. The molecular weight excluding hydrogens is 354 g/mol. The van der Waals surface area contributed by atoms with Gasteiger partial charge in [-0.05, 0) is 29.8 Å². The van der Waals surface area contributed by atoms with Crippen LogP contribution in [0.5, 0.6) is 0 Å². The van der Waals surface area contributed by atoms with Gasteiger partial charge < -0.3 is 0 Å². The van der Waals surface area contributed by atoms with Crippen LogP contribution in [0.3, 0.4) is 0 Å². The van der Waals surface area contributed by atoms with Gasteiger partial charge in [-0.1, -0.05) is 80.6 Å². The van der Waals surface area contributed by atoms with Gasteiger partial charge in [0.15, 0.2) is 0 Å². The van der Waals surface area contributed by atoms with Gasteiger partial charge in [-0.15, -0.1) is 0 Å². The smallest absolute Gasteiger partial charge is 0.0960 e. The highest BCUT2D eigenvalue weighted by atomic mass is 14.8. The first-order valence-electron chi connectivity index (χ1n) is 9.76. The number of benzene rings is 2. The van der Waals surface area contributed by atoms with Crippen LogP contribution >= 0.6 is 0 Å². The first kappa shape index (κ1) is 20.4. The largest absolute Gasteiger partial charge is 0.292 e. The van der Waals surface area contributed by atoms with Crippen LogP contribution in [0.25, 0.3) is 0 Å². The molecule has 3 rings (SSSR count). The highest BCUT2D eigenvalue weighted by Gasteiger charge is 2.25. The fraction of sp³-hybridized carbons (Fsp3) is 0.192. The van der Waals surface area contributed by atoms with Crippen molar-refractivity contribution in [1.29, 1.82) is 0 Å². The Morgan fingerprint density at radius 3 is 2.17 bits per heavy atom. The molecule has 0 saturated heterocycles. The van der Waals surface area contributed by atoms with Gasteiger partial charge in [0.1, 0.15) is 0 Å². The summed E-state index contributed by atoms with van der Waals surface area (Å²) in [4.78, 5) is 13.8. The molecule has 0 amide bonds. The second kappa shape index (κ2) is 9.24. The minimum atomic E-state index is -0.198. The molecule has 2 aromatic carbocycles. The number of aliphatic imine (C=N–C) groups is 3. The molecule has 0 saturated carbocycles. The fourth-order valence-corrected chi connectivity index (χ4v) is 3.35. The van der Waals surface area contributed by atoms with Crippen LogP contribution in [0.2, 0.25) is 0 Å². The van der Waals surface area contributed by atoms with Crippen molar-refractivity contribution in [2.24, 2.45) is 15.0 Å². The molecule has 3 nitrogen and oxygen atoms in total. The van der Waals surface area contributed by atoms with Crippen molar-refractivity contribution in [2.75, 3.05) is 14.1 Å². The van der Waals surface area contributed by atoms with Gasteiger partial charge in [0.25, 0.3) is 0 Å². The normalized spacial score (nSPS) is 17.9. The Hall–Kier alpha value is -3.33. The van der Waals surface area contributed by atoms with Crippen LogP contribution in [0.1, 0.15) is 19.4 Å². The molecule has 0 N–H and O–H groups in total. The molecule has 0 fully saturated rings. The molecule has 0 bridgehead atoms. The predicted octanol–water partition coefficient (Wildman–Crippen LogP) is 5.93. The first-order valence-corrected chi connectivity index (χ1v) is 9.76. The number of allylic oxidation sites excluding steroid dienone is 6. The summed E-state index contributed by atoms with van der Waals surface area (Å²) in [6, 6.07) is 20.4. The molecule has 0 heterocycles. The minimum absolute atomic E-state index is 0.198. The van der Waals surface area contributed by atoms with Crippen LogP contribution < -0.4 is 0 Å². The third kappa shape index (κ3) is 4.75. The molecule has 1 aliphatic rings. The van der Waals surface area contributed by atoms with E-state index in [1.165, 1.54) is 5.56 Å². The summed E-state index contributed by atoms with van der Waals surface area (Å²) in [7, 11) is 3.64. The lowest BCUT2D eigenvalue weighted by molar-refractivity contribution is 0.719. The summed E-state index contributed by atoms with van der Waals surface area (Å²) < 4.78 is 0. The second-order valence-electron chi connectivity index (χ2n) is 7.32. The Bertz CT molecular complexity index is 1020. The number of para-hydroxylation sites is 1. The van der Waals surface area contributed by atoms with Gasteiger partial charge in [-0.3, -0.25) is 9.98 Å². The third-order valence-electron chi connectivity index (χ3n) is 5.08. The Kier molecular flexibility index (Phi) is 6.50. The fourth-order valence-electron chi connectivity index (χ4n) is 3.35. The van der Waals surface area contributed by atoms with Crippen LogP contribution in [0.15, 0.2) is 112 Å². The van der Waals surface area contributed by atoms with Crippen molar-refractivity contribution in [2.45, 2.75) is 19.3 Å². The molecule has 0 radical (unpaired) electrons. The molecule has 0 aliphatic heterocycles. The van der Waals surface area contributed by atoms with E-state index in [1.54, 1.807) is 7.05 Å². The average molecular weight is 382 g/mol. The summed E-state index contributed by atoms with van der Waals surface area (Å²) in [5.74, 6) is 0. The highest BCUT2D eigenvalue weighted by molar-refractivity contribution is 6.53. The first-order chi connectivity index (χ1) is 14.1. The molecule has 3 heteroatoms. The SMILES string of the molecule is CN=C1C=CC=C(/C=C/C(=NC)C(C)(C)c2ccccc2)C1=Nc1ccccc1. The standard InChI is InChI=1S/C26H27N3/c1-26(2,21-13-7-5-8-14-21)24(28-4)19-18-20-12-11-17-23(27-3)25(20)29-22-15-9-6-10-16-22/h5-19H,1-4H3/b19-18+,27-23?,28-24?,29-25?. The molecule has 0 atom stereocenters. The number of hydrogen-bond acceptors (Lipinski definition) is 3. The van der Waals surface area contributed by atoms with Gasteiger partial charge in [0.05, 0.1) is 17.1 Å². The Morgan fingerprint density at radius 2 is 1.55 bits per heavy atom. The quantitative estimate of drug-likeness (QED) is 0.455. The van der Waals surface area contributed by atoms with Gasteiger partial charge >= 0.3 is 0 Å². The minimum Gasteiger partial charge on any atom is -0.292 e. The zero-order valence-corrected chi connectivity index (χ0v) is 17.5. The summed E-state index contributed by atoms with van der Waals surface area (Å²) in [5.41, 5.74) is 5.70. The van der Waals surface area contributed by atoms with E-state index >= 15 is 0 Å². The molecule has 0 aromatic heterocycles. The van der Waals surface area contributed by atoms with E-state index in [-0.39, 0.29) is 5.41 Å². The Labute approximate surface area is 173 Å². The van der Waals surface area contributed by atoms with E-state index in [1.807, 2.05) is 55.6 Å². The zero-order valence-electron chi connectivity index (χ0n) is 17.5. The zero-order chi connectivity index (χ0) is 20.7. The lowest BCUT2D eigenvalue weighted by atomic mass is 9.79. The van der Waals surface area contributed by atoms with E-state index in [2.05, 4.69) is 66.3 Å². The van der Waals surface area contributed by atoms with Crippen molar-refractivity contribution in [1.82, 2.24) is 0 Å². The van der Waals surface area contributed by atoms with E-state index in [4.69, 9.17) is 4.99 Å². The maximum atomic E-state index is 4.85. The van der Waals surface area contributed by atoms with E-state index in [0.29, 0.717) is 0 Å². The molecule has 2 aromatic rings. The monoisotopic (exact) mass is 381 g/mol. The van der Waals surface area contributed by atoms with Gasteiger partial charge in [0, 0.05) is 30.8 Å². The Balaban J connectivity index is 1.96. The average Bonchev–Trinajstić information content (AvgIpc) is 2.76. The van der Waals surface area contributed by atoms with Crippen LogP contribution in [-0.4, -0.2) is 31.2 Å². The lowest BCUT2D eigenvalue weighted by Gasteiger charge is -2.25. The van der Waals surface area contributed by atoms with E-state index < -0.39 is 0 Å². The third-order valence-corrected chi connectivity index (χ3v) is 5.08. The molecule has 0 unspecified atom stereocenters. The van der Waals surface area contributed by atoms with Crippen LogP contribution in [0.4, 0.5) is 5.69 Å². The Morgan fingerprint density at radius 1 is 0.897 bits per heavy atom. The lowest BCUT2D eigenvalue weighted by Crippen LogP contribution is -2.27. The van der Waals surface area contributed by atoms with Crippen molar-refractivity contribution in [3.8, 4) is 0 Å². The second-order valence-corrected chi connectivity index (χ2v) is 7.32. The number of rotatable bonds is 5. The highest BCUT2D eigenvalue weighted by Crippen LogP contribution is 2.26. The van der Waals surface area contributed by atoms with Crippen molar-refractivity contribution >= 4 is 22.8 Å². The molecule has 29 heavy (non-hydrogen) atoms. The summed E-state index contributed by atoms with van der Waals surface area (Å²) >= 11 is 0. The van der Waals surface area contributed by atoms with Gasteiger partial charge in [-0.2, -0.15) is 0 Å². The summed E-state index contributed by atoms with van der Waals surface area (Å²) in [6.07, 6.45) is 10.2. The number of nitrogens with zero attached hydrogens (tertiary/aromatic N) is 3. The maximum Gasteiger partial charge on any atom is 0.0960 e. The topological polar surface area (TPSA) is 37.1 Å². The van der Waals surface area contributed by atoms with Crippen LogP contribution in [0, 0.1) is 0 Å². The van der Waals surface area contributed by atoms with Gasteiger partial charge in [0.2, 0.25) is 0 Å². The summed E-state index contributed by atoms with van der Waals surface area (Å²) in [5, 5.41) is 0. The van der Waals surface area contributed by atoms with Gasteiger partial charge in [-0.25, -0.2) is 4.99 Å². The molecule has 1 aliphatic carbocycles. The van der Waals surface area contributed by atoms with Crippen molar-refractivity contribution in [3.63, 3.8) is 0 Å². The van der Waals surface area contributed by atoms with E-state index in [9.17, 15) is 0 Å². The molecule has 146 valence electrons. The van der Waals surface area contributed by atoms with E-state index in [0.717, 1.165) is 28.4 Å². The van der Waals surface area contributed by atoms with Crippen molar-refractivity contribution in [3.05, 3.63) is 102 Å². The predicted molar refractivity (Wildman–Crippen MR) is 126 cm³/mol. The summed E-state index contributed by atoms with van der Waals surface area (Å²) in [6.45, 7) is 4.39. The maximum absolute atomic E-state index is 4.85. The number of hydrogen-bond donors (Lipinski definition) is 0. The van der Waals surface area contributed by atoms with Crippen LogP contribution in [-0.2, 0) is 5.41 Å². The van der Waals surface area contributed by atoms with Crippen molar-refractivity contribution < 1.29 is 0 Å². The molecule has 0 spiro atoms.